The highest BCUT2D eigenvalue weighted by Gasteiger charge is 2.00. The van der Waals surface area contributed by atoms with Gasteiger partial charge >= 0.3 is 0 Å². The molecule has 0 bridgehead atoms. The van der Waals surface area contributed by atoms with Crippen molar-refractivity contribution in [1.82, 2.24) is 0 Å². The molecule has 0 saturated carbocycles. The first-order chi connectivity index (χ1) is 7.35. The van der Waals surface area contributed by atoms with Gasteiger partial charge in [-0.2, -0.15) is 0 Å². The topological polar surface area (TPSA) is 35.5 Å². The molecule has 0 aromatic rings. The molecule has 0 aliphatic carbocycles. The van der Waals surface area contributed by atoms with Gasteiger partial charge in [0.2, 0.25) is 6.29 Å². The Balaban J connectivity index is 4.08. The molecule has 3 nitrogen and oxygen atoms in total. The summed E-state index contributed by atoms with van der Waals surface area (Å²) in [6, 6.07) is 0. The minimum Gasteiger partial charge on any atom is -0.342 e. The van der Waals surface area contributed by atoms with Crippen LogP contribution in [0, 0.1) is 23.7 Å². The predicted molar refractivity (Wildman–Crippen MR) is 57.8 cm³/mol. The average molecular weight is 206 g/mol. The third-order valence-corrected chi connectivity index (χ3v) is 1.23. The normalized spacial score (nSPS) is 9.27. The molecular formula is C12H14O3. The number of carbonyl (C=O) groups excluding carboxylic acids is 1. The summed E-state index contributed by atoms with van der Waals surface area (Å²) in [7, 11) is 0. The summed E-state index contributed by atoms with van der Waals surface area (Å²) in [5.41, 5.74) is 0. The largest absolute Gasteiger partial charge is 0.342 e. The van der Waals surface area contributed by atoms with Crippen LogP contribution in [0.5, 0.6) is 0 Å². The molecule has 3 heteroatoms. The molecule has 0 aromatic carbocycles. The van der Waals surface area contributed by atoms with Crippen molar-refractivity contribution in [2.45, 2.75) is 20.1 Å². The van der Waals surface area contributed by atoms with E-state index in [1.165, 1.54) is 6.08 Å². The number of aldehydes is 1. The van der Waals surface area contributed by atoms with Gasteiger partial charge in [-0.25, -0.2) is 0 Å². The lowest BCUT2D eigenvalue weighted by molar-refractivity contribution is -0.103. The Morgan fingerprint density at radius 2 is 1.67 bits per heavy atom. The zero-order chi connectivity index (χ0) is 11.4. The van der Waals surface area contributed by atoms with Crippen molar-refractivity contribution in [2.75, 3.05) is 13.2 Å². The molecule has 0 N–H and O–H groups in total. The van der Waals surface area contributed by atoms with E-state index in [2.05, 4.69) is 23.7 Å². The van der Waals surface area contributed by atoms with Gasteiger partial charge in [-0.15, -0.1) is 0 Å². The number of carbonyl (C=O) groups is 1. The summed E-state index contributed by atoms with van der Waals surface area (Å²) < 4.78 is 10.4. The van der Waals surface area contributed by atoms with Crippen LogP contribution in [-0.4, -0.2) is 25.8 Å². The van der Waals surface area contributed by atoms with Crippen molar-refractivity contribution in [2.24, 2.45) is 0 Å². The van der Waals surface area contributed by atoms with Crippen LogP contribution in [0.25, 0.3) is 0 Å². The Labute approximate surface area is 90.5 Å². The molecule has 0 unspecified atom stereocenters. The van der Waals surface area contributed by atoms with Gasteiger partial charge in [-0.3, -0.25) is 4.79 Å². The second-order valence-electron chi connectivity index (χ2n) is 2.27. The summed E-state index contributed by atoms with van der Waals surface area (Å²) >= 11 is 0. The fourth-order valence-corrected chi connectivity index (χ4v) is 0.716. The van der Waals surface area contributed by atoms with Crippen molar-refractivity contribution >= 4 is 6.29 Å². The lowest BCUT2D eigenvalue weighted by Gasteiger charge is -2.09. The number of rotatable bonds is 4. The smallest absolute Gasteiger partial charge is 0.222 e. The standard InChI is InChI=1S/C12H14O3/c1-3-14-12(15-4-2)10-8-6-5-7-9-11-13/h5-6,11-12H,3-4H2,1-2H3/b6-5-. The van der Waals surface area contributed by atoms with E-state index in [9.17, 15) is 4.79 Å². The first kappa shape index (κ1) is 13.4. The van der Waals surface area contributed by atoms with Crippen molar-refractivity contribution in [3.8, 4) is 23.7 Å². The number of hydrogen-bond acceptors (Lipinski definition) is 3. The highest BCUT2D eigenvalue weighted by atomic mass is 16.7. The Bertz CT molecular complexity index is 303. The van der Waals surface area contributed by atoms with E-state index in [0.29, 0.717) is 19.5 Å². The predicted octanol–water partition coefficient (Wildman–Crippen LogP) is 1.15. The van der Waals surface area contributed by atoms with E-state index in [4.69, 9.17) is 9.47 Å². The molecule has 0 amide bonds. The minimum atomic E-state index is -0.497. The molecule has 80 valence electrons. The van der Waals surface area contributed by atoms with E-state index in [1.807, 2.05) is 13.8 Å². The zero-order valence-corrected chi connectivity index (χ0v) is 8.95. The molecule has 0 aliphatic rings. The molecule has 15 heavy (non-hydrogen) atoms. The highest BCUT2D eigenvalue weighted by Crippen LogP contribution is 1.92. The molecule has 0 aromatic heterocycles. The highest BCUT2D eigenvalue weighted by molar-refractivity contribution is 5.73. The van der Waals surface area contributed by atoms with Crippen molar-refractivity contribution in [3.05, 3.63) is 12.2 Å². The van der Waals surface area contributed by atoms with Gasteiger partial charge < -0.3 is 9.47 Å². The summed E-state index contributed by atoms with van der Waals surface area (Å²) in [6.07, 6.45) is 3.07. The first-order valence-corrected chi connectivity index (χ1v) is 4.69. The van der Waals surface area contributed by atoms with Gasteiger partial charge in [-0.05, 0) is 37.8 Å². The van der Waals surface area contributed by atoms with Crippen LogP contribution in [0.2, 0.25) is 0 Å². The van der Waals surface area contributed by atoms with Gasteiger partial charge in [0.25, 0.3) is 0 Å². The van der Waals surface area contributed by atoms with Gasteiger partial charge in [-0.1, -0.05) is 11.8 Å². The van der Waals surface area contributed by atoms with Gasteiger partial charge in [0.05, 0.1) is 0 Å². The summed E-state index contributed by atoms with van der Waals surface area (Å²) in [5.74, 6) is 10.2. The summed E-state index contributed by atoms with van der Waals surface area (Å²) in [4.78, 5) is 9.83. The van der Waals surface area contributed by atoms with Gasteiger partial charge in [0.15, 0.2) is 6.29 Å². The number of allylic oxidation sites excluding steroid dienone is 2. The molecule has 0 aliphatic heterocycles. The summed E-state index contributed by atoms with van der Waals surface area (Å²) in [5, 5.41) is 0. The lowest BCUT2D eigenvalue weighted by atomic mass is 10.4. The Morgan fingerprint density at radius 1 is 1.07 bits per heavy atom. The average Bonchev–Trinajstić information content (AvgIpc) is 2.24. The van der Waals surface area contributed by atoms with E-state index in [1.54, 1.807) is 6.08 Å². The van der Waals surface area contributed by atoms with Crippen molar-refractivity contribution in [3.63, 3.8) is 0 Å². The van der Waals surface area contributed by atoms with Crippen LogP contribution in [0.15, 0.2) is 12.2 Å². The molecule has 0 rings (SSSR count). The second kappa shape index (κ2) is 10.5. The quantitative estimate of drug-likeness (QED) is 0.393. The zero-order valence-electron chi connectivity index (χ0n) is 8.95. The minimum absolute atomic E-state index is 0.497. The fraction of sp³-hybridized carbons (Fsp3) is 0.417. The van der Waals surface area contributed by atoms with E-state index in [-0.39, 0.29) is 0 Å². The number of ether oxygens (including phenoxy) is 2. The third kappa shape index (κ3) is 8.77. The van der Waals surface area contributed by atoms with Crippen LogP contribution in [0.3, 0.4) is 0 Å². The van der Waals surface area contributed by atoms with Crippen LogP contribution in [-0.2, 0) is 14.3 Å². The van der Waals surface area contributed by atoms with Gasteiger partial charge in [0, 0.05) is 13.2 Å². The Hall–Kier alpha value is -1.55. The van der Waals surface area contributed by atoms with Crippen LogP contribution < -0.4 is 0 Å². The van der Waals surface area contributed by atoms with E-state index >= 15 is 0 Å². The molecule has 0 spiro atoms. The SMILES string of the molecule is CCOC(C#C/C=C\C#CC=O)OCC. The monoisotopic (exact) mass is 206 g/mol. The Morgan fingerprint density at radius 3 is 2.20 bits per heavy atom. The molecule has 0 atom stereocenters. The van der Waals surface area contributed by atoms with Crippen LogP contribution >= 0.6 is 0 Å². The van der Waals surface area contributed by atoms with Crippen LogP contribution in [0.4, 0.5) is 0 Å². The summed E-state index contributed by atoms with van der Waals surface area (Å²) in [6.45, 7) is 4.85. The lowest BCUT2D eigenvalue weighted by Crippen LogP contribution is -2.14. The van der Waals surface area contributed by atoms with E-state index < -0.39 is 6.29 Å². The van der Waals surface area contributed by atoms with Gasteiger partial charge in [0.1, 0.15) is 0 Å². The number of hydrogen-bond donors (Lipinski definition) is 0. The second-order valence-corrected chi connectivity index (χ2v) is 2.27. The Kier molecular flexibility index (Phi) is 9.44. The maximum Gasteiger partial charge on any atom is 0.222 e. The molecule has 0 radical (unpaired) electrons. The molecule has 0 heterocycles. The van der Waals surface area contributed by atoms with E-state index in [0.717, 1.165) is 0 Å². The molecule has 0 fully saturated rings. The third-order valence-electron chi connectivity index (χ3n) is 1.23. The van der Waals surface area contributed by atoms with Crippen molar-refractivity contribution in [1.29, 1.82) is 0 Å². The maximum absolute atomic E-state index is 9.83. The van der Waals surface area contributed by atoms with Crippen LogP contribution in [0.1, 0.15) is 13.8 Å². The van der Waals surface area contributed by atoms with Crippen molar-refractivity contribution < 1.29 is 14.3 Å². The molecule has 0 saturated heterocycles. The molecular weight excluding hydrogens is 192 g/mol. The maximum atomic E-state index is 9.83. The first-order valence-electron chi connectivity index (χ1n) is 4.69. The fourth-order valence-electron chi connectivity index (χ4n) is 0.716.